The second-order valence-corrected chi connectivity index (χ2v) is 8.94. The molecule has 146 valence electrons. The monoisotopic (exact) mass is 550 g/mol. The Hall–Kier alpha value is -1.80. The van der Waals surface area contributed by atoms with Gasteiger partial charge in [0.05, 0.1) is 11.9 Å². The van der Waals surface area contributed by atoms with Crippen LogP contribution in [0.15, 0.2) is 47.6 Å². The Bertz CT molecular complexity index is 891. The number of aromatic nitrogens is 1. The van der Waals surface area contributed by atoms with Crippen molar-refractivity contribution >= 4 is 74.9 Å². The molecule has 0 aliphatic carbocycles. The normalized spacial score (nSPS) is 12.6. The third-order valence-electron chi connectivity index (χ3n) is 3.28. The van der Waals surface area contributed by atoms with Gasteiger partial charge in [0.1, 0.15) is 5.15 Å². The van der Waals surface area contributed by atoms with Crippen LogP contribution >= 0.6 is 57.4 Å². The van der Waals surface area contributed by atoms with Crippen LogP contribution in [0.4, 0.5) is 5.69 Å². The number of benzene rings is 1. The first-order valence-electron chi connectivity index (χ1n) is 7.75. The van der Waals surface area contributed by atoms with Gasteiger partial charge in [0.15, 0.2) is 16.7 Å². The van der Waals surface area contributed by atoms with E-state index in [0.717, 1.165) is 3.57 Å². The predicted molar refractivity (Wildman–Crippen MR) is 120 cm³/mol. The van der Waals surface area contributed by atoms with Crippen LogP contribution in [-0.2, 0) is 0 Å². The molecule has 0 saturated heterocycles. The van der Waals surface area contributed by atoms with Gasteiger partial charge in [0.2, 0.25) is 5.96 Å². The molecule has 1 aromatic heterocycles. The zero-order valence-electron chi connectivity index (χ0n) is 14.4. The second kappa shape index (κ2) is 10.1. The molecule has 0 bridgehead atoms. The van der Waals surface area contributed by atoms with Crippen molar-refractivity contribution in [3.05, 3.63) is 56.9 Å². The molecular weight excluding hydrogens is 537 g/mol. The van der Waals surface area contributed by atoms with E-state index in [1.165, 1.54) is 13.1 Å². The molecule has 2 rings (SSSR count). The summed E-state index contributed by atoms with van der Waals surface area (Å²) in [7, 11) is 0. The van der Waals surface area contributed by atoms with E-state index in [2.05, 4.69) is 48.5 Å². The van der Waals surface area contributed by atoms with Crippen LogP contribution in [-0.4, -0.2) is 27.3 Å². The van der Waals surface area contributed by atoms with Gasteiger partial charge >= 0.3 is 0 Å². The fourth-order valence-electron chi connectivity index (χ4n) is 1.95. The van der Waals surface area contributed by atoms with Crippen LogP contribution in [0, 0.1) is 15.0 Å². The Kier molecular flexibility index (Phi) is 8.12. The lowest BCUT2D eigenvalue weighted by atomic mass is 10.2. The van der Waals surface area contributed by atoms with Crippen molar-refractivity contribution in [3.63, 3.8) is 0 Å². The number of alkyl halides is 2. The number of aliphatic imine (C=N–C) groups is 1. The van der Waals surface area contributed by atoms with E-state index in [1.807, 2.05) is 0 Å². The number of anilines is 1. The highest BCUT2D eigenvalue weighted by Crippen LogP contribution is 2.26. The minimum atomic E-state index is -1.46. The molecule has 0 radical (unpaired) electrons. The van der Waals surface area contributed by atoms with E-state index in [1.54, 1.807) is 42.6 Å². The number of amides is 1. The first kappa shape index (κ1) is 22.5. The number of pyridine rings is 1. The third-order valence-corrected chi connectivity index (χ3v) is 4.63. The molecule has 11 heteroatoms. The van der Waals surface area contributed by atoms with Gasteiger partial charge in [-0.05, 0) is 65.9 Å². The molecule has 28 heavy (non-hydrogen) atoms. The van der Waals surface area contributed by atoms with Crippen molar-refractivity contribution in [2.45, 2.75) is 17.4 Å². The van der Waals surface area contributed by atoms with Crippen LogP contribution in [0.3, 0.4) is 0 Å². The molecule has 1 heterocycles. The summed E-state index contributed by atoms with van der Waals surface area (Å²) in [4.78, 5) is 20.7. The highest BCUT2D eigenvalue weighted by Gasteiger charge is 2.32. The van der Waals surface area contributed by atoms with Gasteiger partial charge in [-0.25, -0.2) is 9.98 Å². The lowest BCUT2D eigenvalue weighted by Gasteiger charge is -2.25. The van der Waals surface area contributed by atoms with Crippen LogP contribution in [0.1, 0.15) is 17.3 Å². The Morgan fingerprint density at radius 2 is 1.96 bits per heavy atom. The largest absolute Gasteiger partial charge is 0.328 e. The summed E-state index contributed by atoms with van der Waals surface area (Å²) in [5.74, 6) is -0.394. The average molecular weight is 552 g/mol. The van der Waals surface area contributed by atoms with Crippen molar-refractivity contribution in [2.24, 2.45) is 4.99 Å². The number of carbonyl (C=O) groups is 1. The van der Waals surface area contributed by atoms with Crippen LogP contribution in [0.2, 0.25) is 5.15 Å². The maximum Gasteiger partial charge on any atom is 0.253 e. The lowest BCUT2D eigenvalue weighted by Crippen LogP contribution is -2.45. The van der Waals surface area contributed by atoms with E-state index >= 15 is 0 Å². The highest BCUT2D eigenvalue weighted by molar-refractivity contribution is 14.1. The number of halogens is 4. The number of rotatable bonds is 5. The molecule has 1 unspecified atom stereocenters. The summed E-state index contributed by atoms with van der Waals surface area (Å²) in [5, 5.41) is 17.2. The van der Waals surface area contributed by atoms with Gasteiger partial charge in [-0.1, -0.05) is 34.8 Å². The van der Waals surface area contributed by atoms with Crippen molar-refractivity contribution < 1.29 is 4.79 Å². The number of nitrogens with one attached hydrogen (secondary N) is 3. The lowest BCUT2D eigenvalue weighted by molar-refractivity contribution is 0.0935. The Morgan fingerprint density at radius 3 is 2.50 bits per heavy atom. The van der Waals surface area contributed by atoms with Gasteiger partial charge in [-0.3, -0.25) is 10.1 Å². The molecule has 0 spiro atoms. The van der Waals surface area contributed by atoms with Crippen LogP contribution in [0.5, 0.6) is 0 Å². The van der Waals surface area contributed by atoms with E-state index < -0.39 is 16.4 Å². The Morgan fingerprint density at radius 1 is 1.29 bits per heavy atom. The van der Waals surface area contributed by atoms with Crippen molar-refractivity contribution in [1.29, 1.82) is 5.26 Å². The summed E-state index contributed by atoms with van der Waals surface area (Å²) >= 11 is 20.3. The summed E-state index contributed by atoms with van der Waals surface area (Å²) in [6, 6.07) is 10.1. The van der Waals surface area contributed by atoms with Gasteiger partial charge < -0.3 is 10.6 Å². The molecule has 2 aromatic rings. The third kappa shape index (κ3) is 6.98. The summed E-state index contributed by atoms with van der Waals surface area (Å²) in [5.41, 5.74) is 0.933. The second-order valence-electron chi connectivity index (χ2n) is 5.55. The number of nitrogens with zero attached hydrogens (tertiary/aromatic N) is 3. The number of guanidine groups is 1. The fourth-order valence-corrected chi connectivity index (χ4v) is 2.62. The van der Waals surface area contributed by atoms with Crippen molar-refractivity contribution in [2.75, 3.05) is 5.32 Å². The molecular formula is C17H14Cl3IN6O. The number of hydrogen-bond donors (Lipinski definition) is 3. The first-order valence-corrected chi connectivity index (χ1v) is 9.96. The van der Waals surface area contributed by atoms with Gasteiger partial charge in [-0.2, -0.15) is 5.26 Å². The summed E-state index contributed by atoms with van der Waals surface area (Å²) < 4.78 is -0.467. The number of carbonyl (C=O) groups excluding carboxylic acids is 1. The zero-order valence-corrected chi connectivity index (χ0v) is 18.8. The standard InChI is InChI=1S/C17H14Cl3IN6O/c1-17(19,20)15(26-14(28)10-2-4-11(21)5-3-10)27-16(24-9-22)25-12-6-7-13(18)23-8-12/h2-8,15H,1H3,(H,26,28)(H2,24,25,27). The van der Waals surface area contributed by atoms with Gasteiger partial charge in [0.25, 0.3) is 5.91 Å². The topological polar surface area (TPSA) is 102 Å². The smallest absolute Gasteiger partial charge is 0.253 e. The molecule has 0 aliphatic heterocycles. The fraction of sp³-hybridized carbons (Fsp3) is 0.176. The van der Waals surface area contributed by atoms with Gasteiger partial charge in [0, 0.05) is 9.13 Å². The maximum absolute atomic E-state index is 12.5. The quantitative estimate of drug-likeness (QED) is 0.0987. The molecule has 0 fully saturated rings. The Labute approximate surface area is 190 Å². The van der Waals surface area contributed by atoms with E-state index in [9.17, 15) is 4.79 Å². The summed E-state index contributed by atoms with van der Waals surface area (Å²) in [6.45, 7) is 1.48. The molecule has 1 aromatic carbocycles. The predicted octanol–water partition coefficient (Wildman–Crippen LogP) is 4.13. The molecule has 3 N–H and O–H groups in total. The Balaban J connectivity index is 2.25. The molecule has 1 atom stereocenters. The van der Waals surface area contributed by atoms with Crippen LogP contribution in [0.25, 0.3) is 0 Å². The van der Waals surface area contributed by atoms with E-state index in [-0.39, 0.29) is 5.96 Å². The highest BCUT2D eigenvalue weighted by atomic mass is 127. The van der Waals surface area contributed by atoms with Crippen molar-refractivity contribution in [1.82, 2.24) is 15.6 Å². The number of nitriles is 1. The van der Waals surface area contributed by atoms with Crippen molar-refractivity contribution in [3.8, 4) is 6.19 Å². The van der Waals surface area contributed by atoms with Crippen LogP contribution < -0.4 is 16.0 Å². The molecule has 0 saturated carbocycles. The van der Waals surface area contributed by atoms with E-state index in [4.69, 9.17) is 40.1 Å². The first-order chi connectivity index (χ1) is 13.2. The average Bonchev–Trinajstić information content (AvgIpc) is 2.63. The molecule has 1 amide bonds. The molecule has 0 aliphatic rings. The number of hydrogen-bond acceptors (Lipinski definition) is 4. The van der Waals surface area contributed by atoms with E-state index in [0.29, 0.717) is 16.4 Å². The maximum atomic E-state index is 12.5. The zero-order chi connectivity index (χ0) is 20.7. The van der Waals surface area contributed by atoms with Gasteiger partial charge in [-0.15, -0.1) is 0 Å². The minimum absolute atomic E-state index is 0.0204. The summed E-state index contributed by atoms with van der Waals surface area (Å²) in [6.07, 6.45) is 2.15. The minimum Gasteiger partial charge on any atom is -0.328 e. The SMILES string of the molecule is CC(Cl)(Cl)C(N=C(NC#N)Nc1ccc(Cl)nc1)NC(=O)c1ccc(I)cc1. The molecule has 7 nitrogen and oxygen atoms in total.